The lowest BCUT2D eigenvalue weighted by molar-refractivity contribution is -0.128. The van der Waals surface area contributed by atoms with Crippen molar-refractivity contribution in [2.75, 3.05) is 18.3 Å². The van der Waals surface area contributed by atoms with E-state index in [0.717, 1.165) is 10.5 Å². The highest BCUT2D eigenvalue weighted by molar-refractivity contribution is 7.91. The van der Waals surface area contributed by atoms with Crippen molar-refractivity contribution in [2.45, 2.75) is 37.9 Å². The van der Waals surface area contributed by atoms with Crippen molar-refractivity contribution in [3.63, 3.8) is 0 Å². The molecule has 0 aliphatic carbocycles. The summed E-state index contributed by atoms with van der Waals surface area (Å²) in [4.78, 5) is 37.9. The van der Waals surface area contributed by atoms with Crippen LogP contribution in [0.15, 0.2) is 18.2 Å². The van der Waals surface area contributed by atoms with Crippen LogP contribution in [0.2, 0.25) is 0 Å². The van der Waals surface area contributed by atoms with Crippen LogP contribution in [0.25, 0.3) is 0 Å². The lowest BCUT2D eigenvalue weighted by atomic mass is 10.1. The lowest BCUT2D eigenvalue weighted by Crippen LogP contribution is -2.37. The van der Waals surface area contributed by atoms with E-state index in [0.29, 0.717) is 17.9 Å². The number of nitrogens with one attached hydrogen (secondary N) is 2. The molecule has 2 saturated heterocycles. The Balaban J connectivity index is 1.29. The van der Waals surface area contributed by atoms with Crippen LogP contribution in [0.4, 0.5) is 4.79 Å². The molecule has 0 spiro atoms. The molecule has 2 N–H and O–H groups in total. The first-order valence-electron chi connectivity index (χ1n) is 9.31. The summed E-state index contributed by atoms with van der Waals surface area (Å²) in [6.45, 7) is 0.225. The molecule has 156 valence electrons. The van der Waals surface area contributed by atoms with E-state index in [2.05, 4.69) is 10.6 Å². The number of rotatable bonds is 6. The fraction of sp³-hybridized carbons (Fsp3) is 0.500. The third kappa shape index (κ3) is 4.29. The normalized spacial score (nSPS) is 24.6. The van der Waals surface area contributed by atoms with Gasteiger partial charge in [-0.05, 0) is 30.5 Å². The van der Waals surface area contributed by atoms with Crippen LogP contribution in [-0.2, 0) is 26.0 Å². The molecule has 3 heterocycles. The van der Waals surface area contributed by atoms with E-state index in [1.54, 1.807) is 18.2 Å². The van der Waals surface area contributed by atoms with Crippen LogP contribution < -0.4 is 20.1 Å². The second-order valence-corrected chi connectivity index (χ2v) is 9.55. The SMILES string of the molecule is O=C(CC[C@H]1NC(=O)N(Cc2ccc3c(c2)OCO3)C1=O)N[C@H]1CCS(=O)(=O)C1. The monoisotopic (exact) mass is 423 g/mol. The molecule has 11 heteroatoms. The highest BCUT2D eigenvalue weighted by atomic mass is 32.2. The van der Waals surface area contributed by atoms with Gasteiger partial charge in [0, 0.05) is 12.5 Å². The van der Waals surface area contributed by atoms with Gasteiger partial charge < -0.3 is 20.1 Å². The van der Waals surface area contributed by atoms with Crippen LogP contribution >= 0.6 is 0 Å². The molecule has 0 aromatic heterocycles. The molecule has 0 saturated carbocycles. The van der Waals surface area contributed by atoms with E-state index < -0.39 is 27.8 Å². The summed E-state index contributed by atoms with van der Waals surface area (Å²) in [7, 11) is -3.08. The number of hydrogen-bond donors (Lipinski definition) is 2. The van der Waals surface area contributed by atoms with Crippen molar-refractivity contribution in [1.82, 2.24) is 15.5 Å². The number of imide groups is 1. The number of sulfone groups is 1. The zero-order chi connectivity index (χ0) is 20.6. The Hall–Kier alpha value is -2.82. The van der Waals surface area contributed by atoms with Gasteiger partial charge in [0.15, 0.2) is 21.3 Å². The summed E-state index contributed by atoms with van der Waals surface area (Å²) in [6, 6.07) is 3.52. The number of ether oxygens (including phenoxy) is 2. The van der Waals surface area contributed by atoms with Gasteiger partial charge >= 0.3 is 6.03 Å². The first-order chi connectivity index (χ1) is 13.8. The second kappa shape index (κ2) is 7.54. The molecule has 1 aromatic rings. The Kier molecular flexibility index (Phi) is 5.07. The van der Waals surface area contributed by atoms with E-state index in [-0.39, 0.29) is 49.6 Å². The maximum absolute atomic E-state index is 12.6. The van der Waals surface area contributed by atoms with Crippen molar-refractivity contribution in [2.24, 2.45) is 0 Å². The van der Waals surface area contributed by atoms with Gasteiger partial charge in [0.2, 0.25) is 12.7 Å². The molecule has 0 unspecified atom stereocenters. The zero-order valence-electron chi connectivity index (χ0n) is 15.5. The van der Waals surface area contributed by atoms with E-state index in [1.165, 1.54) is 0 Å². The molecule has 0 radical (unpaired) electrons. The van der Waals surface area contributed by atoms with Gasteiger partial charge in [-0.2, -0.15) is 0 Å². The summed E-state index contributed by atoms with van der Waals surface area (Å²) in [5, 5.41) is 5.27. The number of fused-ring (bicyclic) bond motifs is 1. The molecule has 1 aromatic carbocycles. The molecule has 3 aliphatic heterocycles. The predicted molar refractivity (Wildman–Crippen MR) is 99.9 cm³/mol. The fourth-order valence-electron chi connectivity index (χ4n) is 3.63. The average molecular weight is 423 g/mol. The molecule has 4 rings (SSSR count). The maximum atomic E-state index is 12.6. The van der Waals surface area contributed by atoms with Gasteiger partial charge in [0.1, 0.15) is 6.04 Å². The zero-order valence-corrected chi connectivity index (χ0v) is 16.4. The molecule has 29 heavy (non-hydrogen) atoms. The van der Waals surface area contributed by atoms with Crippen LogP contribution in [-0.4, -0.2) is 61.5 Å². The number of carbonyl (C=O) groups is 3. The number of hydrogen-bond acceptors (Lipinski definition) is 7. The molecular weight excluding hydrogens is 402 g/mol. The smallest absolute Gasteiger partial charge is 0.325 e. The van der Waals surface area contributed by atoms with Gasteiger partial charge in [-0.15, -0.1) is 0 Å². The van der Waals surface area contributed by atoms with Crippen molar-refractivity contribution in [1.29, 1.82) is 0 Å². The minimum absolute atomic E-state index is 0.0189. The molecule has 2 atom stereocenters. The number of carbonyl (C=O) groups excluding carboxylic acids is 3. The van der Waals surface area contributed by atoms with Crippen molar-refractivity contribution in [3.05, 3.63) is 23.8 Å². The summed E-state index contributed by atoms with van der Waals surface area (Å²) in [6.07, 6.45) is 0.565. The summed E-state index contributed by atoms with van der Waals surface area (Å²) < 4.78 is 33.5. The van der Waals surface area contributed by atoms with Crippen LogP contribution in [0.3, 0.4) is 0 Å². The lowest BCUT2D eigenvalue weighted by Gasteiger charge is -2.14. The standard InChI is InChI=1S/C18H21N3O7S/c22-16(19-12-5-6-29(25,26)9-12)4-2-13-17(23)21(18(24)20-13)8-11-1-3-14-15(7-11)28-10-27-14/h1,3,7,12-13H,2,4-6,8-10H2,(H,19,22)(H,20,24)/t12-,13+/m0/s1. The molecule has 2 fully saturated rings. The largest absolute Gasteiger partial charge is 0.454 e. The second-order valence-electron chi connectivity index (χ2n) is 7.32. The van der Waals surface area contributed by atoms with Gasteiger partial charge in [-0.3, -0.25) is 14.5 Å². The predicted octanol–water partition coefficient (Wildman–Crippen LogP) is -0.0808. The van der Waals surface area contributed by atoms with Gasteiger partial charge in [0.05, 0.1) is 18.1 Å². The van der Waals surface area contributed by atoms with E-state index >= 15 is 0 Å². The number of nitrogens with zero attached hydrogens (tertiary/aromatic N) is 1. The van der Waals surface area contributed by atoms with E-state index in [9.17, 15) is 22.8 Å². The molecule has 3 aliphatic rings. The molecular formula is C18H21N3O7S. The Bertz CT molecular complexity index is 962. The van der Waals surface area contributed by atoms with Crippen molar-refractivity contribution >= 4 is 27.7 Å². The molecule has 10 nitrogen and oxygen atoms in total. The Morgan fingerprint density at radius 1 is 1.24 bits per heavy atom. The minimum Gasteiger partial charge on any atom is -0.454 e. The average Bonchev–Trinajstić information content (AvgIpc) is 3.33. The maximum Gasteiger partial charge on any atom is 0.325 e. The first kappa shape index (κ1) is 19.5. The fourth-order valence-corrected chi connectivity index (χ4v) is 5.30. The number of urea groups is 1. The van der Waals surface area contributed by atoms with Crippen molar-refractivity contribution in [3.8, 4) is 11.5 Å². The number of benzene rings is 1. The first-order valence-corrected chi connectivity index (χ1v) is 11.1. The van der Waals surface area contributed by atoms with Crippen LogP contribution in [0.5, 0.6) is 11.5 Å². The highest BCUT2D eigenvalue weighted by Gasteiger charge is 2.38. The third-order valence-corrected chi connectivity index (χ3v) is 6.91. The summed E-state index contributed by atoms with van der Waals surface area (Å²) >= 11 is 0. The Morgan fingerprint density at radius 2 is 2.03 bits per heavy atom. The number of amides is 4. The van der Waals surface area contributed by atoms with E-state index in [4.69, 9.17) is 9.47 Å². The molecule has 0 bridgehead atoms. The Morgan fingerprint density at radius 3 is 2.79 bits per heavy atom. The highest BCUT2D eigenvalue weighted by Crippen LogP contribution is 2.33. The van der Waals surface area contributed by atoms with Crippen LogP contribution in [0.1, 0.15) is 24.8 Å². The third-order valence-electron chi connectivity index (χ3n) is 5.14. The molecule has 4 amide bonds. The quantitative estimate of drug-likeness (QED) is 0.612. The summed E-state index contributed by atoms with van der Waals surface area (Å²) in [5.41, 5.74) is 0.721. The minimum atomic E-state index is -3.08. The summed E-state index contributed by atoms with van der Waals surface area (Å²) in [5.74, 6) is 0.472. The topological polar surface area (TPSA) is 131 Å². The Labute approximate surface area is 167 Å². The van der Waals surface area contributed by atoms with Crippen molar-refractivity contribution < 1.29 is 32.3 Å². The van der Waals surface area contributed by atoms with E-state index in [1.807, 2.05) is 0 Å². The van der Waals surface area contributed by atoms with Crippen LogP contribution in [0, 0.1) is 0 Å². The van der Waals surface area contributed by atoms with Gasteiger partial charge in [-0.25, -0.2) is 13.2 Å². The van der Waals surface area contributed by atoms with Gasteiger partial charge in [-0.1, -0.05) is 6.07 Å². The van der Waals surface area contributed by atoms with Gasteiger partial charge in [0.25, 0.3) is 5.91 Å².